The van der Waals surface area contributed by atoms with E-state index in [0.29, 0.717) is 40.0 Å². The van der Waals surface area contributed by atoms with E-state index in [1.807, 2.05) is 55.5 Å². The maximum Gasteiger partial charge on any atom is 0.269 e. The molecule has 0 aliphatic rings. The highest BCUT2D eigenvalue weighted by atomic mass is 16.5. The molecule has 2 aromatic heterocycles. The Labute approximate surface area is 203 Å². The van der Waals surface area contributed by atoms with E-state index in [-0.39, 0.29) is 31.4 Å². The highest BCUT2D eigenvalue weighted by Gasteiger charge is 2.18. The molecule has 2 amide bonds. The van der Waals surface area contributed by atoms with E-state index in [1.165, 1.54) is 4.68 Å². The Hall–Kier alpha value is -4.40. The van der Waals surface area contributed by atoms with Gasteiger partial charge in [0, 0.05) is 7.05 Å². The zero-order valence-electron chi connectivity index (χ0n) is 19.9. The Balaban J connectivity index is 1.39. The Kier molecular flexibility index (Phi) is 7.25. The predicted octanol–water partition coefficient (Wildman–Crippen LogP) is 4.03. The van der Waals surface area contributed by atoms with Gasteiger partial charge in [0.15, 0.2) is 0 Å². The Morgan fingerprint density at radius 1 is 1.06 bits per heavy atom. The van der Waals surface area contributed by atoms with Gasteiger partial charge in [0.05, 0.1) is 36.5 Å². The molecule has 9 heteroatoms. The molecule has 0 saturated carbocycles. The van der Waals surface area contributed by atoms with E-state index in [1.54, 1.807) is 26.1 Å². The SMILES string of the molecule is Cc1cc(C(=O)NCc2nc(-c3ccccc3NC(=O)CCOc3ccccc3)oc2C)n(C)n1. The number of aryl methyl sites for hydroxylation is 3. The van der Waals surface area contributed by atoms with Crippen LogP contribution in [0.25, 0.3) is 11.5 Å². The molecule has 180 valence electrons. The first-order chi connectivity index (χ1) is 16.9. The molecule has 0 saturated heterocycles. The lowest BCUT2D eigenvalue weighted by Gasteiger charge is -2.09. The molecular weight excluding hydrogens is 446 g/mol. The van der Waals surface area contributed by atoms with E-state index >= 15 is 0 Å². The molecule has 2 heterocycles. The summed E-state index contributed by atoms with van der Waals surface area (Å²) >= 11 is 0. The van der Waals surface area contributed by atoms with Crippen molar-refractivity contribution in [1.29, 1.82) is 0 Å². The lowest BCUT2D eigenvalue weighted by atomic mass is 10.1. The second kappa shape index (κ2) is 10.7. The number of ether oxygens (including phenoxy) is 1. The van der Waals surface area contributed by atoms with Gasteiger partial charge >= 0.3 is 0 Å². The van der Waals surface area contributed by atoms with Gasteiger partial charge in [-0.15, -0.1) is 0 Å². The number of nitrogens with zero attached hydrogens (tertiary/aromatic N) is 3. The zero-order chi connectivity index (χ0) is 24.8. The van der Waals surface area contributed by atoms with Gasteiger partial charge in [-0.25, -0.2) is 4.98 Å². The lowest BCUT2D eigenvalue weighted by molar-refractivity contribution is -0.116. The number of carbonyl (C=O) groups excluding carboxylic acids is 2. The monoisotopic (exact) mass is 473 g/mol. The Morgan fingerprint density at radius 3 is 2.54 bits per heavy atom. The van der Waals surface area contributed by atoms with Crippen LogP contribution in [0.5, 0.6) is 5.75 Å². The quantitative estimate of drug-likeness (QED) is 0.380. The van der Waals surface area contributed by atoms with Crippen LogP contribution in [0.15, 0.2) is 65.1 Å². The van der Waals surface area contributed by atoms with E-state index < -0.39 is 0 Å². The standard InChI is InChI=1S/C26H27N5O4/c1-17-15-23(31(3)30-17)25(33)27-16-22-18(2)35-26(29-22)20-11-7-8-12-21(20)28-24(32)13-14-34-19-9-5-4-6-10-19/h4-12,15H,13-14,16H2,1-3H3,(H,27,33)(H,28,32). The van der Waals surface area contributed by atoms with Gasteiger partial charge < -0.3 is 19.8 Å². The minimum atomic E-state index is -0.248. The second-order valence-electron chi connectivity index (χ2n) is 8.00. The van der Waals surface area contributed by atoms with Crippen LogP contribution in [0, 0.1) is 13.8 Å². The van der Waals surface area contributed by atoms with Crippen molar-refractivity contribution in [3.63, 3.8) is 0 Å². The molecule has 0 radical (unpaired) electrons. The maximum absolute atomic E-state index is 12.5. The van der Waals surface area contributed by atoms with Crippen LogP contribution in [-0.4, -0.2) is 33.2 Å². The number of rotatable bonds is 9. The maximum atomic E-state index is 12.5. The minimum Gasteiger partial charge on any atom is -0.493 e. The topological polar surface area (TPSA) is 111 Å². The number of hydrogen-bond acceptors (Lipinski definition) is 6. The fraction of sp³-hybridized carbons (Fsp3) is 0.231. The smallest absolute Gasteiger partial charge is 0.269 e. The molecule has 9 nitrogen and oxygen atoms in total. The third-order valence-electron chi connectivity index (χ3n) is 5.32. The van der Waals surface area contributed by atoms with Crippen LogP contribution in [-0.2, 0) is 18.4 Å². The summed E-state index contributed by atoms with van der Waals surface area (Å²) in [7, 11) is 1.72. The summed E-state index contributed by atoms with van der Waals surface area (Å²) in [4.78, 5) is 29.6. The Morgan fingerprint density at radius 2 is 1.80 bits per heavy atom. The average molecular weight is 474 g/mol. The van der Waals surface area contributed by atoms with Crippen molar-refractivity contribution in [2.75, 3.05) is 11.9 Å². The van der Waals surface area contributed by atoms with Crippen molar-refractivity contribution in [3.8, 4) is 17.2 Å². The van der Waals surface area contributed by atoms with E-state index in [9.17, 15) is 9.59 Å². The third-order valence-corrected chi connectivity index (χ3v) is 5.32. The van der Waals surface area contributed by atoms with Crippen LogP contribution >= 0.6 is 0 Å². The summed E-state index contributed by atoms with van der Waals surface area (Å²) < 4.78 is 13.0. The summed E-state index contributed by atoms with van der Waals surface area (Å²) in [6, 6.07) is 18.3. The minimum absolute atomic E-state index is 0.185. The number of hydrogen-bond donors (Lipinski definition) is 2. The molecular formula is C26H27N5O4. The number of nitrogens with one attached hydrogen (secondary N) is 2. The molecule has 0 atom stereocenters. The summed E-state index contributed by atoms with van der Waals surface area (Å²) in [5, 5.41) is 9.95. The van der Waals surface area contributed by atoms with Crippen molar-refractivity contribution in [3.05, 3.63) is 83.5 Å². The van der Waals surface area contributed by atoms with E-state index in [0.717, 1.165) is 5.69 Å². The molecule has 0 unspecified atom stereocenters. The fourth-order valence-electron chi connectivity index (χ4n) is 3.55. The van der Waals surface area contributed by atoms with Crippen molar-refractivity contribution >= 4 is 17.5 Å². The highest BCUT2D eigenvalue weighted by molar-refractivity contribution is 5.94. The van der Waals surface area contributed by atoms with E-state index in [2.05, 4.69) is 20.7 Å². The first kappa shape index (κ1) is 23.7. The van der Waals surface area contributed by atoms with Gasteiger partial charge in [-0.2, -0.15) is 5.10 Å². The van der Waals surface area contributed by atoms with Crippen molar-refractivity contribution < 1.29 is 18.7 Å². The number of carbonyl (C=O) groups is 2. The van der Waals surface area contributed by atoms with Crippen molar-refractivity contribution in [1.82, 2.24) is 20.1 Å². The third kappa shape index (κ3) is 5.94. The molecule has 0 aliphatic heterocycles. The molecule has 0 spiro atoms. The average Bonchev–Trinajstić information content (AvgIpc) is 3.39. The van der Waals surface area contributed by atoms with Gasteiger partial charge in [0.2, 0.25) is 11.8 Å². The normalized spacial score (nSPS) is 10.7. The van der Waals surface area contributed by atoms with Gasteiger partial charge in [-0.1, -0.05) is 30.3 Å². The van der Waals surface area contributed by atoms with Crippen molar-refractivity contribution in [2.24, 2.45) is 7.05 Å². The lowest BCUT2D eigenvalue weighted by Crippen LogP contribution is -2.25. The second-order valence-corrected chi connectivity index (χ2v) is 8.00. The first-order valence-corrected chi connectivity index (χ1v) is 11.2. The summed E-state index contributed by atoms with van der Waals surface area (Å²) in [5.41, 5.74) is 3.06. The number of amides is 2. The number of oxazole rings is 1. The van der Waals surface area contributed by atoms with Crippen LogP contribution < -0.4 is 15.4 Å². The number of aromatic nitrogens is 3. The van der Waals surface area contributed by atoms with Crippen LogP contribution in [0.1, 0.15) is 34.1 Å². The fourth-order valence-corrected chi connectivity index (χ4v) is 3.55. The summed E-state index contributed by atoms with van der Waals surface area (Å²) in [6.45, 7) is 4.08. The number of benzene rings is 2. The van der Waals surface area contributed by atoms with Crippen LogP contribution in [0.3, 0.4) is 0 Å². The van der Waals surface area contributed by atoms with Crippen molar-refractivity contribution in [2.45, 2.75) is 26.8 Å². The molecule has 2 aromatic carbocycles. The molecule has 4 rings (SSSR count). The molecule has 0 fully saturated rings. The summed E-state index contributed by atoms with van der Waals surface area (Å²) in [5.74, 6) is 1.23. The molecule has 4 aromatic rings. The largest absolute Gasteiger partial charge is 0.493 e. The summed E-state index contributed by atoms with van der Waals surface area (Å²) in [6.07, 6.45) is 0.193. The Bertz CT molecular complexity index is 1330. The zero-order valence-corrected chi connectivity index (χ0v) is 19.9. The molecule has 0 bridgehead atoms. The highest BCUT2D eigenvalue weighted by Crippen LogP contribution is 2.29. The number of anilines is 1. The molecule has 35 heavy (non-hydrogen) atoms. The van der Waals surface area contributed by atoms with E-state index in [4.69, 9.17) is 9.15 Å². The van der Waals surface area contributed by atoms with Gasteiger partial charge in [-0.3, -0.25) is 14.3 Å². The van der Waals surface area contributed by atoms with Gasteiger partial charge in [0.1, 0.15) is 22.9 Å². The van der Waals surface area contributed by atoms with Crippen LogP contribution in [0.2, 0.25) is 0 Å². The first-order valence-electron chi connectivity index (χ1n) is 11.2. The van der Waals surface area contributed by atoms with Gasteiger partial charge in [0.25, 0.3) is 5.91 Å². The van der Waals surface area contributed by atoms with Crippen LogP contribution in [0.4, 0.5) is 5.69 Å². The molecule has 2 N–H and O–H groups in total. The van der Waals surface area contributed by atoms with Gasteiger partial charge in [-0.05, 0) is 44.2 Å². The number of para-hydroxylation sites is 2. The predicted molar refractivity (Wildman–Crippen MR) is 131 cm³/mol. The molecule has 0 aliphatic carbocycles.